The first kappa shape index (κ1) is 25.7. The number of aliphatic hydroxyl groups is 1. The van der Waals surface area contributed by atoms with Crippen molar-refractivity contribution in [3.63, 3.8) is 0 Å². The minimum atomic E-state index is -0.998. The number of carbonyl (C=O) groups is 2. The maximum atomic E-state index is 14.0. The number of fused-ring (bicyclic) bond motifs is 1. The molecule has 8 nitrogen and oxygen atoms in total. The van der Waals surface area contributed by atoms with Crippen LogP contribution in [-0.4, -0.2) is 44.3 Å². The summed E-state index contributed by atoms with van der Waals surface area (Å²) in [5, 5.41) is 33.3. The zero-order valence-corrected chi connectivity index (χ0v) is 20.4. The highest BCUT2D eigenvalue weighted by Gasteiger charge is 2.40. The summed E-state index contributed by atoms with van der Waals surface area (Å²) in [5.74, 6) is -1.07. The van der Waals surface area contributed by atoms with Gasteiger partial charge in [-0.15, -0.1) is 12.6 Å². The monoisotopic (exact) mass is 507 g/mol. The first-order chi connectivity index (χ1) is 17.4. The predicted molar refractivity (Wildman–Crippen MR) is 136 cm³/mol. The van der Waals surface area contributed by atoms with Crippen LogP contribution in [-0.2, 0) is 29.1 Å². The Kier molecular flexibility index (Phi) is 8.27. The predicted octanol–water partition coefficient (Wildman–Crippen LogP) is 2.72. The molecule has 9 heteroatoms. The molecule has 0 unspecified atom stereocenters. The number of hydrogen-bond donors (Lipinski definition) is 6. The van der Waals surface area contributed by atoms with Crippen molar-refractivity contribution in [1.82, 2.24) is 15.7 Å². The standard InChI is InChI=1S/C27H29N3O5S/c31-20-9-5-6-17(12-20)16-30(26-21-10-3-1-7-18(21)13-23(26)32)27(34)22(14-25(33)29-35)28-15-19-8-2-4-11-24(19)36/h1-12,22-23,26,28,31-32,35-36H,13-16H2,(H,29,33)/t22-,23-,26+/m1/s1. The third-order valence-corrected chi connectivity index (χ3v) is 6.83. The van der Waals surface area contributed by atoms with Gasteiger partial charge >= 0.3 is 0 Å². The number of carbonyl (C=O) groups excluding carboxylic acids is 2. The summed E-state index contributed by atoms with van der Waals surface area (Å²) in [6.07, 6.45) is -0.757. The molecule has 0 saturated carbocycles. The van der Waals surface area contributed by atoms with Gasteiger partial charge in [0.1, 0.15) is 5.75 Å². The topological polar surface area (TPSA) is 122 Å². The first-order valence-corrected chi connectivity index (χ1v) is 12.1. The van der Waals surface area contributed by atoms with E-state index in [0.29, 0.717) is 12.0 Å². The van der Waals surface area contributed by atoms with Crippen LogP contribution in [0.4, 0.5) is 0 Å². The van der Waals surface area contributed by atoms with Gasteiger partial charge in [0.05, 0.1) is 24.6 Å². The summed E-state index contributed by atoms with van der Waals surface area (Å²) < 4.78 is 0. The van der Waals surface area contributed by atoms with Gasteiger partial charge in [-0.2, -0.15) is 0 Å². The van der Waals surface area contributed by atoms with E-state index < -0.39 is 30.0 Å². The van der Waals surface area contributed by atoms with Crippen LogP contribution in [0, 0.1) is 0 Å². The number of aromatic hydroxyl groups is 1. The van der Waals surface area contributed by atoms with Gasteiger partial charge < -0.3 is 20.4 Å². The first-order valence-electron chi connectivity index (χ1n) is 11.6. The van der Waals surface area contributed by atoms with E-state index in [9.17, 15) is 19.8 Å². The Balaban J connectivity index is 1.68. The third kappa shape index (κ3) is 5.88. The van der Waals surface area contributed by atoms with E-state index in [1.165, 1.54) is 0 Å². The fraction of sp³-hybridized carbons (Fsp3) is 0.259. The largest absolute Gasteiger partial charge is 0.508 e. The van der Waals surface area contributed by atoms with Crippen molar-refractivity contribution < 1.29 is 25.0 Å². The van der Waals surface area contributed by atoms with Gasteiger partial charge in [0.15, 0.2) is 0 Å². The Morgan fingerprint density at radius 2 is 1.81 bits per heavy atom. The normalized spacial score (nSPS) is 17.3. The molecule has 0 heterocycles. The molecule has 3 aromatic carbocycles. The van der Waals surface area contributed by atoms with Gasteiger partial charge in [0.2, 0.25) is 11.8 Å². The molecule has 3 aromatic rings. The average molecular weight is 508 g/mol. The minimum Gasteiger partial charge on any atom is -0.508 e. The second kappa shape index (κ2) is 11.6. The Bertz CT molecular complexity index is 1240. The molecular formula is C27H29N3O5S. The van der Waals surface area contributed by atoms with Gasteiger partial charge in [-0.25, -0.2) is 5.48 Å². The molecule has 3 atom stereocenters. The molecule has 4 rings (SSSR count). The van der Waals surface area contributed by atoms with Gasteiger partial charge in [-0.1, -0.05) is 54.6 Å². The molecule has 36 heavy (non-hydrogen) atoms. The number of phenols is 1. The van der Waals surface area contributed by atoms with Crippen molar-refractivity contribution in [2.75, 3.05) is 0 Å². The van der Waals surface area contributed by atoms with Crippen molar-refractivity contribution in [2.24, 2.45) is 0 Å². The van der Waals surface area contributed by atoms with E-state index in [0.717, 1.165) is 21.6 Å². The zero-order chi connectivity index (χ0) is 25.7. The summed E-state index contributed by atoms with van der Waals surface area (Å²) in [5.41, 5.74) is 4.90. The lowest BCUT2D eigenvalue weighted by Crippen LogP contribution is -2.50. The van der Waals surface area contributed by atoms with Crippen LogP contribution in [0.25, 0.3) is 0 Å². The molecule has 0 bridgehead atoms. The van der Waals surface area contributed by atoms with Crippen LogP contribution < -0.4 is 10.8 Å². The number of rotatable bonds is 9. The van der Waals surface area contributed by atoms with E-state index in [4.69, 9.17) is 5.21 Å². The van der Waals surface area contributed by atoms with Crippen molar-refractivity contribution in [3.05, 3.63) is 95.1 Å². The number of nitrogens with one attached hydrogen (secondary N) is 2. The molecule has 0 fully saturated rings. The quantitative estimate of drug-likeness (QED) is 0.150. The molecule has 0 radical (unpaired) electrons. The van der Waals surface area contributed by atoms with Crippen molar-refractivity contribution in [3.8, 4) is 5.75 Å². The average Bonchev–Trinajstić information content (AvgIpc) is 3.21. The number of hydrogen-bond acceptors (Lipinski definition) is 7. The highest BCUT2D eigenvalue weighted by molar-refractivity contribution is 7.80. The van der Waals surface area contributed by atoms with E-state index in [-0.39, 0.29) is 25.3 Å². The van der Waals surface area contributed by atoms with E-state index in [1.807, 2.05) is 48.5 Å². The molecule has 0 spiro atoms. The Hall–Kier alpha value is -3.37. The van der Waals surface area contributed by atoms with Crippen molar-refractivity contribution in [1.29, 1.82) is 0 Å². The SMILES string of the molecule is O=C(C[C@@H](NCc1ccccc1S)C(=O)N(Cc1cccc(O)c1)[C@H]1c2ccccc2C[C@H]1O)NO. The van der Waals surface area contributed by atoms with Gasteiger partial charge in [0.25, 0.3) is 0 Å². The lowest BCUT2D eigenvalue weighted by Gasteiger charge is -2.35. The molecule has 0 saturated heterocycles. The van der Waals surface area contributed by atoms with E-state index in [2.05, 4.69) is 17.9 Å². The maximum absolute atomic E-state index is 14.0. The van der Waals surface area contributed by atoms with Crippen LogP contribution in [0.15, 0.2) is 77.7 Å². The highest BCUT2D eigenvalue weighted by atomic mass is 32.1. The van der Waals surface area contributed by atoms with Gasteiger partial charge in [-0.3, -0.25) is 14.8 Å². The van der Waals surface area contributed by atoms with Crippen LogP contribution in [0.3, 0.4) is 0 Å². The summed E-state index contributed by atoms with van der Waals surface area (Å²) in [6.45, 7) is 0.365. The highest BCUT2D eigenvalue weighted by Crippen LogP contribution is 2.37. The van der Waals surface area contributed by atoms with E-state index in [1.54, 1.807) is 34.6 Å². The molecular weight excluding hydrogens is 478 g/mol. The number of nitrogens with zero attached hydrogens (tertiary/aromatic N) is 1. The lowest BCUT2D eigenvalue weighted by atomic mass is 10.0. The second-order valence-corrected chi connectivity index (χ2v) is 9.33. The zero-order valence-electron chi connectivity index (χ0n) is 19.5. The smallest absolute Gasteiger partial charge is 0.245 e. The number of phenolic OH excluding ortho intramolecular Hbond substituents is 1. The Morgan fingerprint density at radius 1 is 1.06 bits per heavy atom. The Labute approximate surface area is 214 Å². The number of benzene rings is 3. The molecule has 1 aliphatic carbocycles. The summed E-state index contributed by atoms with van der Waals surface area (Å²) >= 11 is 4.46. The summed E-state index contributed by atoms with van der Waals surface area (Å²) in [4.78, 5) is 28.5. The number of amides is 2. The lowest BCUT2D eigenvalue weighted by molar-refractivity contribution is -0.142. The molecule has 2 amide bonds. The second-order valence-electron chi connectivity index (χ2n) is 8.85. The number of aliphatic hydroxyl groups excluding tert-OH is 1. The van der Waals surface area contributed by atoms with Crippen LogP contribution >= 0.6 is 12.6 Å². The maximum Gasteiger partial charge on any atom is 0.245 e. The fourth-order valence-corrected chi connectivity index (χ4v) is 4.90. The number of hydroxylamine groups is 1. The molecule has 1 aliphatic rings. The van der Waals surface area contributed by atoms with Crippen molar-refractivity contribution >= 4 is 24.4 Å². The van der Waals surface area contributed by atoms with Gasteiger partial charge in [-0.05, 0) is 40.5 Å². The van der Waals surface area contributed by atoms with Crippen LogP contribution in [0.5, 0.6) is 5.75 Å². The molecule has 0 aliphatic heterocycles. The fourth-order valence-electron chi connectivity index (χ4n) is 4.66. The molecule has 188 valence electrons. The minimum absolute atomic E-state index is 0.0620. The third-order valence-electron chi connectivity index (χ3n) is 6.39. The number of thiol groups is 1. The van der Waals surface area contributed by atoms with Crippen LogP contribution in [0.2, 0.25) is 0 Å². The molecule has 5 N–H and O–H groups in total. The van der Waals surface area contributed by atoms with Gasteiger partial charge in [0, 0.05) is 24.4 Å². The van der Waals surface area contributed by atoms with E-state index >= 15 is 0 Å². The van der Waals surface area contributed by atoms with Crippen molar-refractivity contribution in [2.45, 2.75) is 49.0 Å². The van der Waals surface area contributed by atoms with Crippen LogP contribution in [0.1, 0.15) is 34.7 Å². The Morgan fingerprint density at radius 3 is 2.56 bits per heavy atom. The summed E-state index contributed by atoms with van der Waals surface area (Å²) in [6, 6.07) is 19.9. The summed E-state index contributed by atoms with van der Waals surface area (Å²) in [7, 11) is 0. The molecule has 0 aromatic heterocycles.